The second-order valence-corrected chi connectivity index (χ2v) is 39.9. The largest absolute Gasteiger partial charge is 0.449 e. The fourth-order valence-electron chi connectivity index (χ4n) is 5.86. The zero-order valence-corrected chi connectivity index (χ0v) is 56.0. The number of hydrogen-bond donors (Lipinski definition) is 0. The predicted molar refractivity (Wildman–Crippen MR) is 266 cm³/mol. The maximum absolute atomic E-state index is 5.87. The Balaban J connectivity index is 3.05. The standard InChI is InChI=1S/C28H86O13Si14/c1-2-3-4-5-6-7-8-9-10-11-12-13-14-15-16-17-18-19-20-21-22-23-24-25-26-27-28-43-30-45-32-47-34-49-36-51-38-53-40-55-41-54-39-52-37-50-35-48-33-46-31-44-29-42/h2-28,43-55H2,1,42H3. The van der Waals surface area contributed by atoms with Crippen molar-refractivity contribution >= 4 is 140 Å². The van der Waals surface area contributed by atoms with Crippen LogP contribution in [0.25, 0.3) is 0 Å². The molecular formula is C28H86O13Si14. The minimum atomic E-state index is -1.00. The average molecular weight is 1020 g/mol. The lowest BCUT2D eigenvalue weighted by atomic mass is 10.0. The second kappa shape index (κ2) is 56.5. The molecule has 0 saturated heterocycles. The van der Waals surface area contributed by atoms with Crippen molar-refractivity contribution in [2.24, 2.45) is 0 Å². The molecular weight excluding hydrogens is 937 g/mol. The molecule has 0 aromatic carbocycles. The normalized spacial score (nSPS) is 14.6. The van der Waals surface area contributed by atoms with Crippen molar-refractivity contribution in [1.29, 1.82) is 0 Å². The maximum Gasteiger partial charge on any atom is 0.286 e. The van der Waals surface area contributed by atoms with Gasteiger partial charge in [0.05, 0.1) is 0 Å². The summed E-state index contributed by atoms with van der Waals surface area (Å²) >= 11 is 0. The number of hydrogen-bond acceptors (Lipinski definition) is 13. The van der Waals surface area contributed by atoms with E-state index >= 15 is 0 Å². The Morgan fingerprint density at radius 2 is 0.455 bits per heavy atom. The summed E-state index contributed by atoms with van der Waals surface area (Å²) in [4.78, 5) is 0. The van der Waals surface area contributed by atoms with E-state index in [1.807, 2.05) is 0 Å². The topological polar surface area (TPSA) is 120 Å². The summed E-state index contributed by atoms with van der Waals surface area (Å²) in [6, 6.07) is 1.29. The third-order valence-corrected chi connectivity index (χ3v) is 27.1. The quantitative estimate of drug-likeness (QED) is 0.0460. The highest BCUT2D eigenvalue weighted by Gasteiger charge is 2.00. The molecule has 0 aliphatic rings. The highest BCUT2D eigenvalue weighted by Crippen LogP contribution is 2.16. The van der Waals surface area contributed by atoms with Gasteiger partial charge in [-0.2, -0.15) is 0 Å². The molecule has 27 heteroatoms. The minimum absolute atomic E-state index is 0.400. The van der Waals surface area contributed by atoms with Gasteiger partial charge >= 0.3 is 0 Å². The van der Waals surface area contributed by atoms with Crippen LogP contribution in [-0.4, -0.2) is 140 Å². The zero-order chi connectivity index (χ0) is 39.5. The van der Waals surface area contributed by atoms with Crippen molar-refractivity contribution in [2.75, 3.05) is 0 Å². The molecule has 0 spiro atoms. The molecule has 0 radical (unpaired) electrons. The van der Waals surface area contributed by atoms with E-state index in [2.05, 4.69) is 6.92 Å². The Bertz CT molecular complexity index is 637. The molecule has 0 N–H and O–H groups in total. The molecule has 0 atom stereocenters. The third-order valence-electron chi connectivity index (χ3n) is 8.93. The molecule has 0 rings (SSSR count). The molecule has 0 aliphatic heterocycles. The Morgan fingerprint density at radius 3 is 0.691 bits per heavy atom. The fraction of sp³-hybridized carbons (Fsp3) is 1.00. The first-order chi connectivity index (χ1) is 27.4. The summed E-state index contributed by atoms with van der Waals surface area (Å²) < 4.78 is 71.5. The van der Waals surface area contributed by atoms with Gasteiger partial charge in [-0.15, -0.1) is 0 Å². The van der Waals surface area contributed by atoms with Crippen LogP contribution in [0.1, 0.15) is 174 Å². The van der Waals surface area contributed by atoms with Crippen molar-refractivity contribution < 1.29 is 53.5 Å². The molecule has 0 fully saturated rings. The molecule has 0 heterocycles. The van der Waals surface area contributed by atoms with Crippen LogP contribution >= 0.6 is 0 Å². The van der Waals surface area contributed by atoms with Gasteiger partial charge < -0.3 is 53.5 Å². The Hall–Kier alpha value is 2.52. The van der Waals surface area contributed by atoms with Crippen molar-refractivity contribution in [1.82, 2.24) is 0 Å². The maximum atomic E-state index is 5.87. The summed E-state index contributed by atoms with van der Waals surface area (Å²) in [6.45, 7) is 2.30. The first-order valence-electron chi connectivity index (χ1n) is 21.8. The predicted octanol–water partition coefficient (Wildman–Crippen LogP) is -2.87. The molecule has 0 aromatic rings. The van der Waals surface area contributed by atoms with Crippen LogP contribution in [0.3, 0.4) is 0 Å². The van der Waals surface area contributed by atoms with E-state index in [0.29, 0.717) is 0 Å². The van der Waals surface area contributed by atoms with Crippen LogP contribution in [0.2, 0.25) is 6.04 Å². The summed E-state index contributed by atoms with van der Waals surface area (Å²) in [6.07, 6.45) is 37.5. The van der Waals surface area contributed by atoms with E-state index in [4.69, 9.17) is 53.5 Å². The van der Waals surface area contributed by atoms with Crippen molar-refractivity contribution in [3.05, 3.63) is 0 Å². The summed E-state index contributed by atoms with van der Waals surface area (Å²) in [5.74, 6) is 0. The van der Waals surface area contributed by atoms with Crippen LogP contribution < -0.4 is 0 Å². The van der Waals surface area contributed by atoms with Gasteiger partial charge in [0.15, 0.2) is 0 Å². The van der Waals surface area contributed by atoms with Gasteiger partial charge in [-0.3, -0.25) is 0 Å². The Kier molecular flexibility index (Phi) is 59.1. The molecule has 0 amide bonds. The summed E-state index contributed by atoms with van der Waals surface area (Å²) in [7, 11) is -11.0. The average Bonchev–Trinajstić information content (AvgIpc) is 3.20. The van der Waals surface area contributed by atoms with Gasteiger partial charge in [0.25, 0.3) is 120 Å². The van der Waals surface area contributed by atoms with Crippen LogP contribution in [-0.2, 0) is 53.5 Å². The molecule has 0 unspecified atom stereocenters. The lowest BCUT2D eigenvalue weighted by molar-refractivity contribution is 0.358. The lowest BCUT2D eigenvalue weighted by Gasteiger charge is -2.09. The van der Waals surface area contributed by atoms with Gasteiger partial charge in [0.1, 0.15) is 20.2 Å². The van der Waals surface area contributed by atoms with Gasteiger partial charge in [0.2, 0.25) is 0 Å². The van der Waals surface area contributed by atoms with E-state index in [1.165, 1.54) is 173 Å². The first-order valence-corrected chi connectivity index (χ1v) is 38.1. The van der Waals surface area contributed by atoms with Gasteiger partial charge in [-0.25, -0.2) is 0 Å². The van der Waals surface area contributed by atoms with Gasteiger partial charge in [0, 0.05) is 0 Å². The molecule has 55 heavy (non-hydrogen) atoms. The minimum Gasteiger partial charge on any atom is -0.449 e. The molecule has 0 aliphatic carbocycles. The van der Waals surface area contributed by atoms with Crippen molar-refractivity contribution in [3.63, 3.8) is 0 Å². The zero-order valence-electron chi connectivity index (χ0n) is 35.6. The molecule has 13 nitrogen and oxygen atoms in total. The number of rotatable bonds is 52. The van der Waals surface area contributed by atoms with E-state index in [0.717, 1.165) is 10.5 Å². The van der Waals surface area contributed by atoms with E-state index < -0.39 is 130 Å². The Labute approximate surface area is 371 Å². The van der Waals surface area contributed by atoms with Gasteiger partial charge in [-0.1, -0.05) is 174 Å². The SMILES string of the molecule is CCCCCCCCCCCCCCCCCCCCCCCCCCCC[SiH2]O[SiH2]O[SiH2]O[SiH2]O[SiH2]O[SiH2]O[SiH2]O[SiH2]O[SiH2]O[SiH2]O[SiH2]O[SiH2]O[SiH2]O[SiH3]. The smallest absolute Gasteiger partial charge is 0.286 e. The van der Waals surface area contributed by atoms with E-state index in [9.17, 15) is 0 Å². The second-order valence-electron chi connectivity index (χ2n) is 14.0. The molecule has 332 valence electrons. The van der Waals surface area contributed by atoms with Gasteiger partial charge in [-0.05, 0) is 6.04 Å². The Morgan fingerprint density at radius 1 is 0.255 bits per heavy atom. The molecule has 0 saturated carbocycles. The van der Waals surface area contributed by atoms with Crippen LogP contribution in [0, 0.1) is 0 Å². The highest BCUT2D eigenvalue weighted by atomic mass is 28.4. The third kappa shape index (κ3) is 56.5. The summed E-state index contributed by atoms with van der Waals surface area (Å²) in [5.41, 5.74) is 0. The van der Waals surface area contributed by atoms with E-state index in [-0.39, 0.29) is 0 Å². The lowest BCUT2D eigenvalue weighted by Crippen LogP contribution is -2.22. The van der Waals surface area contributed by atoms with Crippen LogP contribution in [0.15, 0.2) is 0 Å². The number of unbranched alkanes of at least 4 members (excludes halogenated alkanes) is 25. The molecule has 0 aromatic heterocycles. The van der Waals surface area contributed by atoms with Crippen molar-refractivity contribution in [2.45, 2.75) is 180 Å². The van der Waals surface area contributed by atoms with Crippen LogP contribution in [0.5, 0.6) is 0 Å². The first kappa shape index (κ1) is 57.5. The van der Waals surface area contributed by atoms with Crippen molar-refractivity contribution in [3.8, 4) is 0 Å². The highest BCUT2D eigenvalue weighted by molar-refractivity contribution is 6.51. The fourth-order valence-corrected chi connectivity index (χ4v) is 29.7. The van der Waals surface area contributed by atoms with E-state index in [1.54, 1.807) is 0 Å². The summed E-state index contributed by atoms with van der Waals surface area (Å²) in [5, 5.41) is 0. The monoisotopic (exact) mass is 1020 g/mol. The van der Waals surface area contributed by atoms with Crippen LogP contribution in [0.4, 0.5) is 0 Å². The molecule has 0 bridgehead atoms.